The molecule has 9 heteroatoms. The van der Waals surface area contributed by atoms with Crippen LogP contribution >= 0.6 is 15.9 Å². The first kappa shape index (κ1) is 15.3. The van der Waals surface area contributed by atoms with E-state index in [1.54, 1.807) is 7.05 Å². The Morgan fingerprint density at radius 2 is 2.10 bits per heavy atom. The molecule has 2 rings (SSSR count). The van der Waals surface area contributed by atoms with Gasteiger partial charge in [0, 0.05) is 36.6 Å². The first-order valence-electron chi connectivity index (χ1n) is 5.78. The predicted molar refractivity (Wildman–Crippen MR) is 75.6 cm³/mol. The van der Waals surface area contributed by atoms with Gasteiger partial charge in [0.1, 0.15) is 5.82 Å². The highest BCUT2D eigenvalue weighted by Crippen LogP contribution is 2.34. The summed E-state index contributed by atoms with van der Waals surface area (Å²) in [5.41, 5.74) is 0.438. The van der Waals surface area contributed by atoms with Crippen LogP contribution < -0.4 is 10.1 Å². The molecule has 0 aliphatic rings. The normalized spacial score (nSPS) is 10.4. The molecule has 0 fully saturated rings. The van der Waals surface area contributed by atoms with Crippen molar-refractivity contribution in [3.05, 3.63) is 50.5 Å². The molecule has 0 atom stereocenters. The van der Waals surface area contributed by atoms with E-state index >= 15 is 0 Å². The van der Waals surface area contributed by atoms with Gasteiger partial charge in [-0.3, -0.25) is 10.1 Å². The average molecular weight is 357 g/mol. The van der Waals surface area contributed by atoms with Crippen molar-refractivity contribution in [3.8, 4) is 11.8 Å². The van der Waals surface area contributed by atoms with Crippen LogP contribution in [0.25, 0.3) is 0 Å². The fourth-order valence-corrected chi connectivity index (χ4v) is 1.86. The number of nitrogens with one attached hydrogen (secondary N) is 1. The van der Waals surface area contributed by atoms with E-state index in [4.69, 9.17) is 4.74 Å². The number of rotatable bonds is 5. The first-order chi connectivity index (χ1) is 10.0. The minimum atomic E-state index is -0.678. The molecule has 0 saturated heterocycles. The van der Waals surface area contributed by atoms with Gasteiger partial charge in [-0.15, -0.1) is 0 Å². The lowest BCUT2D eigenvalue weighted by atomic mass is 10.3. The highest BCUT2D eigenvalue weighted by atomic mass is 79.9. The number of nitro groups is 1. The van der Waals surface area contributed by atoms with E-state index in [0.29, 0.717) is 6.54 Å². The number of benzene rings is 1. The monoisotopic (exact) mass is 356 g/mol. The summed E-state index contributed by atoms with van der Waals surface area (Å²) < 4.78 is 18.7. The number of hydrogen-bond donors (Lipinski definition) is 1. The van der Waals surface area contributed by atoms with E-state index in [-0.39, 0.29) is 21.9 Å². The van der Waals surface area contributed by atoms with Crippen LogP contribution in [0.3, 0.4) is 0 Å². The zero-order chi connectivity index (χ0) is 15.4. The molecule has 0 saturated carbocycles. The summed E-state index contributed by atoms with van der Waals surface area (Å²) in [4.78, 5) is 18.1. The van der Waals surface area contributed by atoms with E-state index in [9.17, 15) is 14.5 Å². The fourth-order valence-electron chi connectivity index (χ4n) is 1.53. The van der Waals surface area contributed by atoms with Crippen molar-refractivity contribution in [3.63, 3.8) is 0 Å². The molecule has 0 amide bonds. The van der Waals surface area contributed by atoms with Gasteiger partial charge in [-0.1, -0.05) is 0 Å². The predicted octanol–water partition coefficient (Wildman–Crippen LogP) is 2.80. The van der Waals surface area contributed by atoms with E-state index in [0.717, 1.165) is 17.7 Å². The number of nitrogens with zero attached hydrogens (tertiary/aromatic N) is 3. The molecule has 21 heavy (non-hydrogen) atoms. The van der Waals surface area contributed by atoms with Gasteiger partial charge in [-0.05, 0) is 23.0 Å². The summed E-state index contributed by atoms with van der Waals surface area (Å²) in [6.07, 6.45) is 3.03. The van der Waals surface area contributed by atoms with E-state index in [2.05, 4.69) is 31.2 Å². The Morgan fingerprint density at radius 3 is 2.67 bits per heavy atom. The molecule has 0 aliphatic carbocycles. The van der Waals surface area contributed by atoms with E-state index in [1.165, 1.54) is 12.4 Å². The molecule has 0 aliphatic heterocycles. The van der Waals surface area contributed by atoms with Crippen LogP contribution in [0, 0.1) is 15.9 Å². The van der Waals surface area contributed by atoms with Crippen LogP contribution in [0.2, 0.25) is 0 Å². The third-order valence-corrected chi connectivity index (χ3v) is 3.07. The molecule has 1 N–H and O–H groups in total. The lowest BCUT2D eigenvalue weighted by Crippen LogP contribution is -2.06. The van der Waals surface area contributed by atoms with Gasteiger partial charge in [-0.25, -0.2) is 14.4 Å². The van der Waals surface area contributed by atoms with E-state index in [1.807, 2.05) is 0 Å². The van der Waals surface area contributed by atoms with Crippen LogP contribution in [0.1, 0.15) is 5.56 Å². The highest BCUT2D eigenvalue weighted by Gasteiger charge is 2.20. The smallest absolute Gasteiger partial charge is 0.322 e. The summed E-state index contributed by atoms with van der Waals surface area (Å²) in [7, 11) is 1.78. The number of halogens is 2. The summed E-state index contributed by atoms with van der Waals surface area (Å²) in [5.74, 6) is -0.940. The topological polar surface area (TPSA) is 90.2 Å². The van der Waals surface area contributed by atoms with Crippen LogP contribution in [-0.2, 0) is 6.54 Å². The van der Waals surface area contributed by atoms with Crippen molar-refractivity contribution in [2.75, 3.05) is 7.05 Å². The van der Waals surface area contributed by atoms with Crippen LogP contribution in [0.5, 0.6) is 11.8 Å². The van der Waals surface area contributed by atoms with Gasteiger partial charge < -0.3 is 10.1 Å². The molecule has 0 bridgehead atoms. The number of aromatic nitrogens is 2. The molecule has 0 spiro atoms. The molecule has 7 nitrogen and oxygen atoms in total. The van der Waals surface area contributed by atoms with Crippen molar-refractivity contribution < 1.29 is 14.1 Å². The van der Waals surface area contributed by atoms with Gasteiger partial charge in [0.05, 0.1) is 9.40 Å². The molecular weight excluding hydrogens is 347 g/mol. The van der Waals surface area contributed by atoms with Gasteiger partial charge in [-0.2, -0.15) is 0 Å². The molecule has 0 unspecified atom stereocenters. The second-order valence-corrected chi connectivity index (χ2v) is 4.85. The minimum Gasteiger partial charge on any atom is -0.417 e. The molecule has 110 valence electrons. The number of ether oxygens (including phenoxy) is 1. The Kier molecular flexibility index (Phi) is 4.76. The number of hydrogen-bond acceptors (Lipinski definition) is 6. The van der Waals surface area contributed by atoms with Crippen molar-refractivity contribution >= 4 is 21.6 Å². The molecule has 1 aromatic carbocycles. The minimum absolute atomic E-state index is 0.0214. The second kappa shape index (κ2) is 6.55. The van der Waals surface area contributed by atoms with Crippen molar-refractivity contribution in [1.82, 2.24) is 15.3 Å². The summed E-state index contributed by atoms with van der Waals surface area (Å²) in [6, 6.07) is 1.84. The molecule has 2 aromatic rings. The second-order valence-electron chi connectivity index (χ2n) is 4.00. The fraction of sp³-hybridized carbons (Fsp3) is 0.167. The molecule has 0 radical (unpaired) electrons. The van der Waals surface area contributed by atoms with Crippen molar-refractivity contribution in [2.24, 2.45) is 0 Å². The quantitative estimate of drug-likeness (QED) is 0.654. The molecule has 1 aromatic heterocycles. The zero-order valence-electron chi connectivity index (χ0n) is 10.8. The highest BCUT2D eigenvalue weighted by molar-refractivity contribution is 9.10. The van der Waals surface area contributed by atoms with Crippen LogP contribution in [0.4, 0.5) is 10.1 Å². The summed E-state index contributed by atoms with van der Waals surface area (Å²) >= 11 is 2.89. The van der Waals surface area contributed by atoms with Gasteiger partial charge in [0.15, 0.2) is 0 Å². The Balaban J connectivity index is 2.30. The third kappa shape index (κ3) is 3.70. The Hall–Kier alpha value is -2.13. The van der Waals surface area contributed by atoms with Crippen LogP contribution in [0.15, 0.2) is 29.0 Å². The van der Waals surface area contributed by atoms with Gasteiger partial charge in [0.2, 0.25) is 5.75 Å². The summed E-state index contributed by atoms with van der Waals surface area (Å²) in [6.45, 7) is 0.577. The SMILES string of the molecule is CNCc1cnc(Oc2cc(F)c(Br)cc2[N+](=O)[O-])nc1. The molecular formula is C12H10BrFN4O3. The average Bonchev–Trinajstić information content (AvgIpc) is 2.44. The first-order valence-corrected chi connectivity index (χ1v) is 6.57. The maximum atomic E-state index is 13.5. The zero-order valence-corrected chi connectivity index (χ0v) is 12.4. The Bertz CT molecular complexity index is 666. The van der Waals surface area contributed by atoms with Crippen molar-refractivity contribution in [2.45, 2.75) is 6.54 Å². The van der Waals surface area contributed by atoms with Crippen LogP contribution in [-0.4, -0.2) is 21.9 Å². The van der Waals surface area contributed by atoms with E-state index < -0.39 is 10.7 Å². The lowest BCUT2D eigenvalue weighted by molar-refractivity contribution is -0.385. The lowest BCUT2D eigenvalue weighted by Gasteiger charge is -2.06. The maximum absolute atomic E-state index is 13.5. The number of nitro benzene ring substituents is 1. The Morgan fingerprint density at radius 1 is 1.43 bits per heavy atom. The Labute approximate surface area is 127 Å². The largest absolute Gasteiger partial charge is 0.417 e. The molecule has 1 heterocycles. The van der Waals surface area contributed by atoms with Gasteiger partial charge >= 0.3 is 11.7 Å². The summed E-state index contributed by atoms with van der Waals surface area (Å²) in [5, 5.41) is 13.9. The van der Waals surface area contributed by atoms with Gasteiger partial charge in [0.25, 0.3) is 0 Å². The standard InChI is InChI=1S/C12H10BrFN4O3/c1-15-4-7-5-16-12(17-6-7)21-11-3-9(14)8(13)2-10(11)18(19)20/h2-3,5-6,15H,4H2,1H3. The third-order valence-electron chi connectivity index (χ3n) is 2.46. The maximum Gasteiger partial charge on any atom is 0.322 e. The van der Waals surface area contributed by atoms with Crippen molar-refractivity contribution in [1.29, 1.82) is 0 Å².